The van der Waals surface area contributed by atoms with Gasteiger partial charge in [0, 0.05) is 30.9 Å². The minimum absolute atomic E-state index is 0.0158. The number of nitrogens with one attached hydrogen (secondary N) is 1. The van der Waals surface area contributed by atoms with Gasteiger partial charge in [-0.2, -0.15) is 5.21 Å². The van der Waals surface area contributed by atoms with E-state index in [1.807, 2.05) is 24.3 Å². The first-order chi connectivity index (χ1) is 13.3. The van der Waals surface area contributed by atoms with Gasteiger partial charge in [0.2, 0.25) is 0 Å². The van der Waals surface area contributed by atoms with Gasteiger partial charge in [0.15, 0.2) is 5.82 Å². The Morgan fingerprint density at radius 1 is 1.22 bits per heavy atom. The summed E-state index contributed by atoms with van der Waals surface area (Å²) in [5.41, 5.74) is 0.849. The predicted octanol–water partition coefficient (Wildman–Crippen LogP) is 2.74. The molecule has 1 fully saturated rings. The normalized spacial score (nSPS) is 22.2. The van der Waals surface area contributed by atoms with Gasteiger partial charge in [-0.3, -0.25) is 0 Å². The molecule has 1 aromatic carbocycles. The smallest absolute Gasteiger partial charge is 0.174 e. The van der Waals surface area contributed by atoms with E-state index in [1.54, 1.807) is 0 Å². The lowest BCUT2D eigenvalue weighted by Crippen LogP contribution is -2.26. The quantitative estimate of drug-likeness (QED) is 0.449. The van der Waals surface area contributed by atoms with Gasteiger partial charge in [-0.15, -0.1) is 21.8 Å². The van der Waals surface area contributed by atoms with E-state index in [-0.39, 0.29) is 17.9 Å². The first kappa shape index (κ1) is 20.0. The maximum atomic E-state index is 9.23. The molecule has 0 bridgehead atoms. The lowest BCUT2D eigenvalue weighted by atomic mass is 9.97. The minimum atomic E-state index is 0.0158. The molecule has 27 heavy (non-hydrogen) atoms. The van der Waals surface area contributed by atoms with Gasteiger partial charge >= 0.3 is 0 Å². The fraction of sp³-hybridized carbons (Fsp3) is 0.632. The summed E-state index contributed by atoms with van der Waals surface area (Å²) in [6.45, 7) is 2.04. The number of ether oxygens (including phenoxy) is 2. The van der Waals surface area contributed by atoms with E-state index in [4.69, 9.17) is 21.1 Å². The van der Waals surface area contributed by atoms with Crippen LogP contribution in [0, 0.1) is 11.8 Å². The monoisotopic (exact) mass is 394 g/mol. The lowest BCUT2D eigenvalue weighted by molar-refractivity contribution is 0.0723. The van der Waals surface area contributed by atoms with Crippen molar-refractivity contribution in [3.05, 3.63) is 35.7 Å². The van der Waals surface area contributed by atoms with Gasteiger partial charge in [0.25, 0.3) is 0 Å². The Morgan fingerprint density at radius 3 is 2.96 bits per heavy atom. The highest BCUT2D eigenvalue weighted by atomic mass is 35.5. The molecule has 2 N–H and O–H groups in total. The Morgan fingerprint density at radius 2 is 2.15 bits per heavy atom. The lowest BCUT2D eigenvalue weighted by Gasteiger charge is -2.22. The van der Waals surface area contributed by atoms with Crippen LogP contribution in [0.1, 0.15) is 37.1 Å². The first-order valence-electron chi connectivity index (χ1n) is 9.53. The number of benzene rings is 1. The average molecular weight is 395 g/mol. The summed E-state index contributed by atoms with van der Waals surface area (Å²) in [6.07, 6.45) is 4.84. The van der Waals surface area contributed by atoms with Crippen LogP contribution in [0.15, 0.2) is 24.3 Å². The molecule has 2 aromatic rings. The van der Waals surface area contributed by atoms with Gasteiger partial charge in [0.1, 0.15) is 5.75 Å². The number of halogens is 1. The fourth-order valence-corrected chi connectivity index (χ4v) is 3.89. The summed E-state index contributed by atoms with van der Waals surface area (Å²) < 4.78 is 11.8. The number of alkyl halides is 1. The molecule has 0 aliphatic heterocycles. The third-order valence-corrected chi connectivity index (χ3v) is 5.61. The summed E-state index contributed by atoms with van der Waals surface area (Å²) in [7, 11) is 0. The number of hydrogen-bond donors (Lipinski definition) is 2. The van der Waals surface area contributed by atoms with Crippen molar-refractivity contribution in [2.45, 2.75) is 44.1 Å². The molecule has 7 nitrogen and oxygen atoms in total. The molecule has 8 heteroatoms. The summed E-state index contributed by atoms with van der Waals surface area (Å²) in [5, 5.41) is 23.2. The number of aliphatic hydroxyl groups excluding tert-OH is 1. The summed E-state index contributed by atoms with van der Waals surface area (Å²) >= 11 is 6.52. The molecule has 1 unspecified atom stereocenters. The number of unbranched alkanes of at least 4 members (excludes halogenated alkanes) is 1. The van der Waals surface area contributed by atoms with Crippen LogP contribution < -0.4 is 4.74 Å². The highest BCUT2D eigenvalue weighted by Crippen LogP contribution is 2.36. The standard InChI is InChI=1S/C19H27ClN4O3/c20-18-8-7-15(12-26-9-2-1-6-19-21-23-24-22-19)17(18)13-27-16-5-3-4-14(10-16)11-25/h3-5,10,15,17-18,25H,1-2,6-9,11-13H2,(H,21,22,23,24)/t15-,17-,18?/m1/s1. The zero-order chi connectivity index (χ0) is 18.9. The number of aryl methyl sites for hydroxylation is 1. The van der Waals surface area contributed by atoms with E-state index in [9.17, 15) is 5.11 Å². The molecule has 1 heterocycles. The number of aromatic amines is 1. The third-order valence-electron chi connectivity index (χ3n) is 5.07. The van der Waals surface area contributed by atoms with Crippen molar-refractivity contribution in [2.24, 2.45) is 11.8 Å². The summed E-state index contributed by atoms with van der Waals surface area (Å²) in [4.78, 5) is 0. The Labute approximate surface area is 164 Å². The number of rotatable bonds is 11. The molecule has 3 rings (SSSR count). The summed E-state index contributed by atoms with van der Waals surface area (Å²) in [6, 6.07) is 7.55. The molecular weight excluding hydrogens is 368 g/mol. The molecule has 0 radical (unpaired) electrons. The SMILES string of the molecule is OCc1cccc(OC[C@H]2C(Cl)CC[C@@H]2COCCCCc2nn[nH]n2)c1. The van der Waals surface area contributed by atoms with Gasteiger partial charge in [0.05, 0.1) is 13.2 Å². The number of aromatic nitrogens is 4. The number of nitrogens with zero attached hydrogens (tertiary/aromatic N) is 3. The van der Waals surface area contributed by atoms with E-state index in [1.165, 1.54) is 0 Å². The molecule has 148 valence electrons. The fourth-order valence-electron chi connectivity index (χ4n) is 3.48. The largest absolute Gasteiger partial charge is 0.493 e. The topological polar surface area (TPSA) is 93.1 Å². The Balaban J connectivity index is 1.36. The van der Waals surface area contributed by atoms with E-state index in [2.05, 4.69) is 20.6 Å². The second-order valence-electron chi connectivity index (χ2n) is 6.99. The van der Waals surface area contributed by atoms with E-state index < -0.39 is 0 Å². The van der Waals surface area contributed by atoms with Gasteiger partial charge in [-0.25, -0.2) is 0 Å². The average Bonchev–Trinajstić information content (AvgIpc) is 3.33. The van der Waals surface area contributed by atoms with Crippen LogP contribution >= 0.6 is 11.6 Å². The Hall–Kier alpha value is -1.70. The van der Waals surface area contributed by atoms with Crippen LogP contribution in [0.3, 0.4) is 0 Å². The Bertz CT molecular complexity index is 671. The van der Waals surface area contributed by atoms with Crippen LogP contribution in [-0.2, 0) is 17.8 Å². The zero-order valence-electron chi connectivity index (χ0n) is 15.4. The van der Waals surface area contributed by atoms with Crippen LogP contribution in [-0.4, -0.2) is 50.9 Å². The van der Waals surface area contributed by atoms with Crippen molar-refractivity contribution in [2.75, 3.05) is 19.8 Å². The van der Waals surface area contributed by atoms with Crippen LogP contribution in [0.2, 0.25) is 0 Å². The minimum Gasteiger partial charge on any atom is -0.493 e. The van der Waals surface area contributed by atoms with Crippen LogP contribution in [0.25, 0.3) is 0 Å². The number of H-pyrrole nitrogens is 1. The maximum Gasteiger partial charge on any atom is 0.174 e. The second kappa shape index (κ2) is 10.6. The predicted molar refractivity (Wildman–Crippen MR) is 102 cm³/mol. The molecule has 1 aliphatic rings. The number of hydrogen-bond acceptors (Lipinski definition) is 6. The summed E-state index contributed by atoms with van der Waals surface area (Å²) in [5.74, 6) is 2.23. The highest BCUT2D eigenvalue weighted by molar-refractivity contribution is 6.21. The van der Waals surface area contributed by atoms with E-state index >= 15 is 0 Å². The third kappa shape index (κ3) is 6.16. The van der Waals surface area contributed by atoms with Gasteiger partial charge in [-0.05, 0) is 49.3 Å². The number of tetrazole rings is 1. The van der Waals surface area contributed by atoms with Crippen molar-refractivity contribution in [3.8, 4) is 5.75 Å². The molecule has 0 amide bonds. The van der Waals surface area contributed by atoms with Crippen LogP contribution in [0.4, 0.5) is 0 Å². The first-order valence-corrected chi connectivity index (χ1v) is 9.96. The molecule has 0 saturated heterocycles. The van der Waals surface area contributed by atoms with Crippen molar-refractivity contribution in [3.63, 3.8) is 0 Å². The van der Waals surface area contributed by atoms with Crippen LogP contribution in [0.5, 0.6) is 5.75 Å². The van der Waals surface area contributed by atoms with Gasteiger partial charge < -0.3 is 14.6 Å². The van der Waals surface area contributed by atoms with Crippen molar-refractivity contribution in [1.29, 1.82) is 0 Å². The maximum absolute atomic E-state index is 9.23. The number of aliphatic hydroxyl groups is 1. The molecule has 0 spiro atoms. The van der Waals surface area contributed by atoms with E-state index in [0.717, 1.165) is 62.5 Å². The van der Waals surface area contributed by atoms with Crippen molar-refractivity contribution >= 4 is 11.6 Å². The van der Waals surface area contributed by atoms with Crippen molar-refractivity contribution in [1.82, 2.24) is 20.6 Å². The van der Waals surface area contributed by atoms with E-state index in [0.29, 0.717) is 12.5 Å². The molecule has 1 saturated carbocycles. The highest BCUT2D eigenvalue weighted by Gasteiger charge is 2.35. The van der Waals surface area contributed by atoms with Gasteiger partial charge in [-0.1, -0.05) is 17.3 Å². The molecule has 1 aliphatic carbocycles. The van der Waals surface area contributed by atoms with Crippen molar-refractivity contribution < 1.29 is 14.6 Å². The molecule has 3 atom stereocenters. The molecule has 1 aromatic heterocycles. The molecular formula is C19H27ClN4O3. The second-order valence-corrected chi connectivity index (χ2v) is 7.55. The zero-order valence-corrected chi connectivity index (χ0v) is 16.1. The Kier molecular flexibility index (Phi) is 7.86.